The van der Waals surface area contributed by atoms with E-state index in [1.807, 2.05) is 48.7 Å². The van der Waals surface area contributed by atoms with Crippen molar-refractivity contribution < 1.29 is 9.59 Å². The molecule has 0 spiro atoms. The molecule has 4 nitrogen and oxygen atoms in total. The van der Waals surface area contributed by atoms with Crippen LogP contribution in [0.3, 0.4) is 0 Å². The van der Waals surface area contributed by atoms with E-state index in [0.29, 0.717) is 6.54 Å². The van der Waals surface area contributed by atoms with Crippen LogP contribution in [0.15, 0.2) is 60.8 Å². The van der Waals surface area contributed by atoms with Crippen LogP contribution in [0, 0.1) is 0 Å². The lowest BCUT2D eigenvalue weighted by Gasteiger charge is -2.06. The van der Waals surface area contributed by atoms with E-state index < -0.39 is 15.7 Å². The summed E-state index contributed by atoms with van der Waals surface area (Å²) in [5.74, 6) is 3.66. The van der Waals surface area contributed by atoms with Gasteiger partial charge in [-0.05, 0) is 11.6 Å². The molecular formula is C19H16N2O2S. The third kappa shape index (κ3) is 2.37. The Kier molecular flexibility index (Phi) is 3.58. The molecule has 1 fully saturated rings. The summed E-state index contributed by atoms with van der Waals surface area (Å²) in [6.45, 7) is 0.717. The third-order valence-corrected chi connectivity index (χ3v) is 5.90. The predicted octanol–water partition coefficient (Wildman–Crippen LogP) is 3.68. The maximum atomic E-state index is 12.2. The lowest BCUT2D eigenvalue weighted by Crippen LogP contribution is -2.20. The Morgan fingerprint density at radius 1 is 1.04 bits per heavy atom. The molecule has 0 bridgehead atoms. The molecule has 1 saturated heterocycles. The summed E-state index contributed by atoms with van der Waals surface area (Å²) in [7, 11) is -0.888. The summed E-state index contributed by atoms with van der Waals surface area (Å²) >= 11 is 0. The SMILES string of the molecule is C=S1C(=O)NC(=O)C1c1cn(Cc2ccccc2)c2ccccc12. The third-order valence-electron chi connectivity index (χ3n) is 4.28. The Hall–Kier alpha value is -2.66. The number of hydrogen-bond donors (Lipinski definition) is 1. The van der Waals surface area contributed by atoms with Gasteiger partial charge in [0.05, 0.1) is 0 Å². The zero-order valence-corrected chi connectivity index (χ0v) is 13.8. The molecule has 1 aliphatic rings. The minimum atomic E-state index is -0.888. The van der Waals surface area contributed by atoms with Gasteiger partial charge in [0.2, 0.25) is 5.91 Å². The zero-order chi connectivity index (χ0) is 16.7. The predicted molar refractivity (Wildman–Crippen MR) is 98.5 cm³/mol. The number of rotatable bonds is 3. The topological polar surface area (TPSA) is 51.1 Å². The van der Waals surface area contributed by atoms with Gasteiger partial charge in [-0.25, -0.2) is 0 Å². The van der Waals surface area contributed by atoms with Crippen molar-refractivity contribution in [3.63, 3.8) is 0 Å². The van der Waals surface area contributed by atoms with Crippen LogP contribution in [-0.2, 0) is 11.3 Å². The number of carbonyl (C=O) groups excluding carboxylic acids is 2. The van der Waals surface area contributed by atoms with E-state index in [-0.39, 0.29) is 11.1 Å². The fourth-order valence-electron chi connectivity index (χ4n) is 3.16. The van der Waals surface area contributed by atoms with Gasteiger partial charge in [0.15, 0.2) is 0 Å². The summed E-state index contributed by atoms with van der Waals surface area (Å²) in [4.78, 5) is 24.0. The van der Waals surface area contributed by atoms with Crippen molar-refractivity contribution in [2.75, 3.05) is 0 Å². The number of nitrogens with zero attached hydrogens (tertiary/aromatic N) is 1. The van der Waals surface area contributed by atoms with Crippen molar-refractivity contribution in [3.8, 4) is 0 Å². The Labute approximate surface area is 142 Å². The average molecular weight is 336 g/mol. The number of aromatic nitrogens is 1. The van der Waals surface area contributed by atoms with E-state index in [9.17, 15) is 9.59 Å². The average Bonchev–Trinajstić information content (AvgIpc) is 3.06. The second kappa shape index (κ2) is 5.76. The van der Waals surface area contributed by atoms with E-state index in [2.05, 4.69) is 27.9 Å². The zero-order valence-electron chi connectivity index (χ0n) is 12.9. The molecule has 1 N–H and O–H groups in total. The van der Waals surface area contributed by atoms with Crippen LogP contribution in [0.1, 0.15) is 16.4 Å². The van der Waals surface area contributed by atoms with Gasteiger partial charge in [-0.1, -0.05) is 64.9 Å². The van der Waals surface area contributed by atoms with Crippen LogP contribution in [-0.4, -0.2) is 21.6 Å². The fraction of sp³-hybridized carbons (Fsp3) is 0.105. The maximum absolute atomic E-state index is 12.2. The highest BCUT2D eigenvalue weighted by Crippen LogP contribution is 2.42. The molecular weight excluding hydrogens is 320 g/mol. The molecule has 1 aliphatic heterocycles. The van der Waals surface area contributed by atoms with Gasteiger partial charge in [0.25, 0.3) is 5.24 Å². The summed E-state index contributed by atoms with van der Waals surface area (Å²) in [6.07, 6.45) is 1.99. The van der Waals surface area contributed by atoms with Crippen LogP contribution in [0.2, 0.25) is 0 Å². The number of para-hydroxylation sites is 1. The van der Waals surface area contributed by atoms with E-state index >= 15 is 0 Å². The van der Waals surface area contributed by atoms with Crippen LogP contribution in [0.25, 0.3) is 10.9 Å². The first-order valence-corrected chi connectivity index (χ1v) is 9.10. The highest BCUT2D eigenvalue weighted by molar-refractivity contribution is 8.28. The largest absolute Gasteiger partial charge is 0.343 e. The van der Waals surface area contributed by atoms with Crippen LogP contribution >= 0.6 is 10.5 Å². The first kappa shape index (κ1) is 14.9. The number of benzene rings is 2. The molecule has 2 unspecified atom stereocenters. The monoisotopic (exact) mass is 336 g/mol. The quantitative estimate of drug-likeness (QED) is 0.742. The molecule has 2 atom stereocenters. The summed E-state index contributed by atoms with van der Waals surface area (Å²) < 4.78 is 2.13. The number of nitrogens with one attached hydrogen (secondary N) is 1. The highest BCUT2D eigenvalue weighted by Gasteiger charge is 2.36. The Bertz CT molecular complexity index is 975. The van der Waals surface area contributed by atoms with Gasteiger partial charge in [-0.2, -0.15) is 0 Å². The first-order valence-electron chi connectivity index (χ1n) is 7.64. The minimum Gasteiger partial charge on any atom is -0.343 e. The number of carbonyl (C=O) groups is 2. The van der Waals surface area contributed by atoms with Crippen LogP contribution in [0.4, 0.5) is 4.79 Å². The van der Waals surface area contributed by atoms with E-state index in [1.54, 1.807) is 0 Å². The normalized spacial score (nSPS) is 20.5. The molecule has 4 rings (SSSR count). The van der Waals surface area contributed by atoms with Crippen molar-refractivity contribution in [1.29, 1.82) is 0 Å². The number of hydrogen-bond acceptors (Lipinski definition) is 2. The summed E-state index contributed by atoms with van der Waals surface area (Å²) in [6, 6.07) is 18.1. The molecule has 5 heteroatoms. The van der Waals surface area contributed by atoms with Gasteiger partial charge in [0.1, 0.15) is 5.25 Å². The molecule has 2 aromatic carbocycles. The Morgan fingerprint density at radius 3 is 2.46 bits per heavy atom. The van der Waals surface area contributed by atoms with Gasteiger partial charge in [-0.15, -0.1) is 0 Å². The smallest absolute Gasteiger partial charge is 0.280 e. The second-order valence-electron chi connectivity index (χ2n) is 5.80. The van der Waals surface area contributed by atoms with Crippen molar-refractivity contribution >= 4 is 38.4 Å². The van der Waals surface area contributed by atoms with Gasteiger partial charge < -0.3 is 4.57 Å². The summed E-state index contributed by atoms with van der Waals surface area (Å²) in [5.41, 5.74) is 3.12. The van der Waals surface area contributed by atoms with Gasteiger partial charge in [-0.3, -0.25) is 14.9 Å². The Balaban J connectivity index is 1.84. The van der Waals surface area contributed by atoms with E-state index in [4.69, 9.17) is 0 Å². The molecule has 2 heterocycles. The molecule has 2 amide bonds. The number of imide groups is 1. The van der Waals surface area contributed by atoms with Crippen molar-refractivity contribution in [3.05, 3.63) is 71.9 Å². The lowest BCUT2D eigenvalue weighted by molar-refractivity contribution is -0.119. The number of amides is 2. The molecule has 0 aliphatic carbocycles. The molecule has 0 saturated carbocycles. The molecule has 120 valence electrons. The highest BCUT2D eigenvalue weighted by atomic mass is 32.2. The van der Waals surface area contributed by atoms with Gasteiger partial charge in [0, 0.05) is 29.2 Å². The van der Waals surface area contributed by atoms with Crippen LogP contribution in [0.5, 0.6) is 0 Å². The van der Waals surface area contributed by atoms with Gasteiger partial charge >= 0.3 is 0 Å². The number of fused-ring (bicyclic) bond motifs is 1. The molecule has 24 heavy (non-hydrogen) atoms. The van der Waals surface area contributed by atoms with Crippen molar-refractivity contribution in [1.82, 2.24) is 9.88 Å². The minimum absolute atomic E-state index is 0.249. The molecule has 1 aromatic heterocycles. The lowest BCUT2D eigenvalue weighted by atomic mass is 10.1. The van der Waals surface area contributed by atoms with Crippen LogP contribution < -0.4 is 5.32 Å². The summed E-state index contributed by atoms with van der Waals surface area (Å²) in [5, 5.41) is 2.63. The molecule has 3 aromatic rings. The molecule has 0 radical (unpaired) electrons. The van der Waals surface area contributed by atoms with E-state index in [1.165, 1.54) is 5.56 Å². The van der Waals surface area contributed by atoms with Crippen molar-refractivity contribution in [2.45, 2.75) is 11.8 Å². The standard InChI is InChI=1S/C19H16N2O2S/c1-24-17(18(22)20-19(24)23)15-12-21(11-13-7-3-2-4-8-13)16-10-6-5-9-14(15)16/h2-10,12,17H,1,11H2,(H,20,22,23). The van der Waals surface area contributed by atoms with Crippen molar-refractivity contribution in [2.24, 2.45) is 0 Å². The van der Waals surface area contributed by atoms with E-state index in [0.717, 1.165) is 16.5 Å². The first-order chi connectivity index (χ1) is 11.6. The fourth-order valence-corrected chi connectivity index (χ4v) is 4.41. The maximum Gasteiger partial charge on any atom is 0.280 e. The Morgan fingerprint density at radius 2 is 1.75 bits per heavy atom. The second-order valence-corrected chi connectivity index (χ2v) is 7.50.